The molecule has 3 rings (SSSR count). The second-order valence-corrected chi connectivity index (χ2v) is 6.32. The number of amides is 2. The molecule has 0 aliphatic rings. The number of aliphatic hydroxyl groups is 1. The Morgan fingerprint density at radius 2 is 1.59 bits per heavy atom. The minimum absolute atomic E-state index is 0.143. The third-order valence-electron chi connectivity index (χ3n) is 4.37. The maximum Gasteiger partial charge on any atom is 0.245 e. The number of hydrogen-bond donors (Lipinski definition) is 3. The molecule has 5 nitrogen and oxygen atoms in total. The molecular weight excluding hydrogens is 340 g/mol. The molecule has 0 aliphatic carbocycles. The molecule has 0 saturated heterocycles. The highest BCUT2D eigenvalue weighted by Crippen LogP contribution is 2.18. The molecule has 0 spiro atoms. The Morgan fingerprint density at radius 3 is 2.37 bits per heavy atom. The monoisotopic (exact) mass is 362 g/mol. The van der Waals surface area contributed by atoms with Gasteiger partial charge in [-0.15, -0.1) is 0 Å². The van der Waals surface area contributed by atoms with Crippen LogP contribution in [0.2, 0.25) is 0 Å². The zero-order valence-corrected chi connectivity index (χ0v) is 14.9. The zero-order valence-electron chi connectivity index (χ0n) is 14.9. The predicted molar refractivity (Wildman–Crippen MR) is 105 cm³/mol. The summed E-state index contributed by atoms with van der Waals surface area (Å²) in [6.45, 7) is -0.114. The Hall–Kier alpha value is -3.18. The molecule has 3 aromatic rings. The van der Waals surface area contributed by atoms with Crippen molar-refractivity contribution in [2.75, 3.05) is 6.61 Å². The second-order valence-electron chi connectivity index (χ2n) is 6.32. The maximum atomic E-state index is 12.4. The van der Waals surface area contributed by atoms with E-state index in [1.807, 2.05) is 72.8 Å². The topological polar surface area (TPSA) is 78.4 Å². The van der Waals surface area contributed by atoms with Gasteiger partial charge in [-0.05, 0) is 21.9 Å². The fraction of sp³-hybridized carbons (Fsp3) is 0.182. The largest absolute Gasteiger partial charge is 0.394 e. The molecule has 1 atom stereocenters. The first-order valence-corrected chi connectivity index (χ1v) is 8.86. The number of aliphatic hydroxyl groups excluding tert-OH is 1. The molecule has 2 amide bonds. The standard InChI is InChI=1S/C22H22N2O3/c25-15-20(22(27)23-14-16-7-2-1-3-8-16)24-21(26)13-18-11-6-10-17-9-4-5-12-19(17)18/h1-12,20,25H,13-15H2,(H,23,27)(H,24,26). The van der Waals surface area contributed by atoms with E-state index in [2.05, 4.69) is 10.6 Å². The molecule has 27 heavy (non-hydrogen) atoms. The lowest BCUT2D eigenvalue weighted by atomic mass is 10.0. The van der Waals surface area contributed by atoms with Crippen molar-refractivity contribution in [3.05, 3.63) is 83.9 Å². The van der Waals surface area contributed by atoms with E-state index in [9.17, 15) is 14.7 Å². The fourth-order valence-electron chi connectivity index (χ4n) is 2.97. The molecule has 0 radical (unpaired) electrons. The van der Waals surface area contributed by atoms with E-state index >= 15 is 0 Å². The number of carbonyl (C=O) groups excluding carboxylic acids is 2. The maximum absolute atomic E-state index is 12.4. The first-order valence-electron chi connectivity index (χ1n) is 8.86. The van der Waals surface area contributed by atoms with Crippen LogP contribution >= 0.6 is 0 Å². The molecule has 0 saturated carbocycles. The van der Waals surface area contributed by atoms with E-state index in [4.69, 9.17) is 0 Å². The fourth-order valence-corrected chi connectivity index (χ4v) is 2.97. The van der Waals surface area contributed by atoms with Crippen LogP contribution in [0.5, 0.6) is 0 Å². The van der Waals surface area contributed by atoms with Gasteiger partial charge < -0.3 is 15.7 Å². The lowest BCUT2D eigenvalue weighted by Crippen LogP contribution is -2.49. The summed E-state index contributed by atoms with van der Waals surface area (Å²) in [7, 11) is 0. The van der Waals surface area contributed by atoms with Crippen LogP contribution in [0.15, 0.2) is 72.8 Å². The van der Waals surface area contributed by atoms with Crippen molar-refractivity contribution in [1.82, 2.24) is 10.6 Å². The van der Waals surface area contributed by atoms with Crippen LogP contribution < -0.4 is 10.6 Å². The smallest absolute Gasteiger partial charge is 0.245 e. The highest BCUT2D eigenvalue weighted by atomic mass is 16.3. The van der Waals surface area contributed by atoms with Gasteiger partial charge in [-0.3, -0.25) is 9.59 Å². The highest BCUT2D eigenvalue weighted by Gasteiger charge is 2.20. The van der Waals surface area contributed by atoms with Gasteiger partial charge in [0, 0.05) is 6.54 Å². The van der Waals surface area contributed by atoms with Crippen molar-refractivity contribution in [3.8, 4) is 0 Å². The summed E-state index contributed by atoms with van der Waals surface area (Å²) in [5.41, 5.74) is 1.83. The van der Waals surface area contributed by atoms with E-state index < -0.39 is 18.6 Å². The highest BCUT2D eigenvalue weighted by molar-refractivity contribution is 5.92. The summed E-state index contributed by atoms with van der Waals surface area (Å²) in [6.07, 6.45) is 0.143. The molecule has 0 aliphatic heterocycles. The van der Waals surface area contributed by atoms with E-state index in [0.29, 0.717) is 6.54 Å². The molecule has 0 bridgehead atoms. The number of fused-ring (bicyclic) bond motifs is 1. The Balaban J connectivity index is 1.60. The first-order chi connectivity index (χ1) is 13.2. The number of benzene rings is 3. The van der Waals surface area contributed by atoms with E-state index in [1.54, 1.807) is 0 Å². The van der Waals surface area contributed by atoms with Crippen LogP contribution in [0.3, 0.4) is 0 Å². The van der Waals surface area contributed by atoms with Crippen molar-refractivity contribution < 1.29 is 14.7 Å². The normalized spacial score (nSPS) is 11.7. The van der Waals surface area contributed by atoms with Crippen LogP contribution in [0, 0.1) is 0 Å². The molecule has 5 heteroatoms. The van der Waals surface area contributed by atoms with Crippen molar-refractivity contribution in [2.24, 2.45) is 0 Å². The van der Waals surface area contributed by atoms with Crippen molar-refractivity contribution in [1.29, 1.82) is 0 Å². The second kappa shape index (κ2) is 8.96. The van der Waals surface area contributed by atoms with Gasteiger partial charge >= 0.3 is 0 Å². The lowest BCUT2D eigenvalue weighted by molar-refractivity contribution is -0.129. The first kappa shape index (κ1) is 18.6. The summed E-state index contributed by atoms with van der Waals surface area (Å²) < 4.78 is 0. The average Bonchev–Trinajstić information content (AvgIpc) is 2.71. The predicted octanol–water partition coefficient (Wildman–Crippen LogP) is 2.18. The minimum atomic E-state index is -0.976. The molecule has 3 N–H and O–H groups in total. The Kier molecular flexibility index (Phi) is 6.18. The van der Waals surface area contributed by atoms with Crippen molar-refractivity contribution in [2.45, 2.75) is 19.0 Å². The van der Waals surface area contributed by atoms with E-state index in [0.717, 1.165) is 21.9 Å². The minimum Gasteiger partial charge on any atom is -0.394 e. The third kappa shape index (κ3) is 4.92. The van der Waals surface area contributed by atoms with Gasteiger partial charge in [0.15, 0.2) is 0 Å². The molecule has 3 aromatic carbocycles. The average molecular weight is 362 g/mol. The molecular formula is C22H22N2O3. The van der Waals surface area contributed by atoms with Gasteiger partial charge in [0.25, 0.3) is 0 Å². The van der Waals surface area contributed by atoms with E-state index in [-0.39, 0.29) is 12.3 Å². The lowest BCUT2D eigenvalue weighted by Gasteiger charge is -2.16. The summed E-state index contributed by atoms with van der Waals surface area (Å²) in [5, 5.41) is 16.9. The number of carbonyl (C=O) groups is 2. The van der Waals surface area contributed by atoms with Crippen molar-refractivity contribution >= 4 is 22.6 Å². The summed E-state index contributed by atoms with van der Waals surface area (Å²) >= 11 is 0. The number of rotatable bonds is 7. The Labute approximate surface area is 158 Å². The molecule has 138 valence electrons. The van der Waals surface area contributed by atoms with Gasteiger partial charge in [0.2, 0.25) is 11.8 Å². The quantitative estimate of drug-likeness (QED) is 0.603. The Morgan fingerprint density at radius 1 is 0.889 bits per heavy atom. The van der Waals surface area contributed by atoms with Crippen LogP contribution in [0.1, 0.15) is 11.1 Å². The van der Waals surface area contributed by atoms with Gasteiger partial charge in [0.05, 0.1) is 13.0 Å². The van der Waals surface area contributed by atoms with Crippen molar-refractivity contribution in [3.63, 3.8) is 0 Å². The number of nitrogens with one attached hydrogen (secondary N) is 2. The zero-order chi connectivity index (χ0) is 19.1. The van der Waals surface area contributed by atoms with Crippen LogP contribution in [0.25, 0.3) is 10.8 Å². The van der Waals surface area contributed by atoms with Crippen LogP contribution in [-0.2, 0) is 22.6 Å². The third-order valence-corrected chi connectivity index (χ3v) is 4.37. The van der Waals surface area contributed by atoms with Crippen LogP contribution in [0.4, 0.5) is 0 Å². The van der Waals surface area contributed by atoms with Gasteiger partial charge in [0.1, 0.15) is 6.04 Å². The molecule has 1 unspecified atom stereocenters. The molecule has 0 fully saturated rings. The van der Waals surface area contributed by atoms with Crippen LogP contribution in [-0.4, -0.2) is 29.6 Å². The number of hydrogen-bond acceptors (Lipinski definition) is 3. The summed E-state index contributed by atoms with van der Waals surface area (Å²) in [4.78, 5) is 24.7. The summed E-state index contributed by atoms with van der Waals surface area (Å²) in [5.74, 6) is -0.715. The molecule has 0 aromatic heterocycles. The Bertz CT molecular complexity index is 920. The summed E-state index contributed by atoms with van der Waals surface area (Å²) in [6, 6.07) is 22.1. The van der Waals surface area contributed by atoms with E-state index in [1.165, 1.54) is 0 Å². The van der Waals surface area contributed by atoms with Gasteiger partial charge in [-0.1, -0.05) is 72.8 Å². The SMILES string of the molecule is O=C(Cc1cccc2ccccc12)NC(CO)C(=O)NCc1ccccc1. The van der Waals surface area contributed by atoms with Gasteiger partial charge in [-0.25, -0.2) is 0 Å². The molecule has 0 heterocycles. The van der Waals surface area contributed by atoms with Gasteiger partial charge in [-0.2, -0.15) is 0 Å².